The van der Waals surface area contributed by atoms with Gasteiger partial charge >= 0.3 is 11.0 Å². The molecule has 1 amide bonds. The molecule has 0 fully saturated rings. The van der Waals surface area contributed by atoms with Crippen LogP contribution in [0.1, 0.15) is 15.9 Å². The highest BCUT2D eigenvalue weighted by atomic mass is 35.5. The predicted molar refractivity (Wildman–Crippen MR) is 110 cm³/mol. The molecule has 0 bridgehead atoms. The van der Waals surface area contributed by atoms with Crippen molar-refractivity contribution in [2.24, 2.45) is 0 Å². The van der Waals surface area contributed by atoms with Gasteiger partial charge in [-0.05, 0) is 29.5 Å². The molecule has 0 atom stereocenters. The highest BCUT2D eigenvalue weighted by Gasteiger charge is 2.17. The van der Waals surface area contributed by atoms with Crippen molar-refractivity contribution in [1.29, 1.82) is 0 Å². The van der Waals surface area contributed by atoms with Crippen molar-refractivity contribution in [3.05, 3.63) is 81.0 Å². The molecule has 0 aliphatic carbocycles. The Morgan fingerprint density at radius 1 is 1.17 bits per heavy atom. The van der Waals surface area contributed by atoms with Crippen LogP contribution in [0.2, 0.25) is 5.02 Å². The van der Waals surface area contributed by atoms with Crippen molar-refractivity contribution in [2.45, 2.75) is 6.61 Å². The summed E-state index contributed by atoms with van der Waals surface area (Å²) in [7, 11) is 0. The number of halogens is 1. The highest BCUT2D eigenvalue weighted by Crippen LogP contribution is 2.25. The minimum atomic E-state index is -0.759. The van der Waals surface area contributed by atoms with Gasteiger partial charge in [0.05, 0.1) is 4.92 Å². The molecular formula is C19H14ClN3O6S. The molecule has 0 radical (unpaired) electrons. The summed E-state index contributed by atoms with van der Waals surface area (Å²) in [5, 5.41) is 13.3. The van der Waals surface area contributed by atoms with Gasteiger partial charge in [-0.1, -0.05) is 41.9 Å². The SMILES string of the molecule is O=C(COC(=O)c1ccccc1OCc1ccccc1Cl)Nc1ncc([N+](=O)[O-])s1. The van der Waals surface area contributed by atoms with Crippen molar-refractivity contribution >= 4 is 44.9 Å². The largest absolute Gasteiger partial charge is 0.488 e. The summed E-state index contributed by atoms with van der Waals surface area (Å²) in [6.07, 6.45) is 1.03. The number of esters is 1. The van der Waals surface area contributed by atoms with Crippen molar-refractivity contribution < 1.29 is 24.0 Å². The lowest BCUT2D eigenvalue weighted by molar-refractivity contribution is -0.380. The average molecular weight is 448 g/mol. The van der Waals surface area contributed by atoms with Crippen LogP contribution in [-0.2, 0) is 16.1 Å². The van der Waals surface area contributed by atoms with Gasteiger partial charge in [-0.3, -0.25) is 20.2 Å². The van der Waals surface area contributed by atoms with Crippen molar-refractivity contribution in [3.8, 4) is 5.75 Å². The Morgan fingerprint density at radius 2 is 1.90 bits per heavy atom. The van der Waals surface area contributed by atoms with Gasteiger partial charge in [0, 0.05) is 10.6 Å². The number of thiazole rings is 1. The third-order valence-electron chi connectivity index (χ3n) is 3.70. The number of carbonyl (C=O) groups excluding carboxylic acids is 2. The molecule has 30 heavy (non-hydrogen) atoms. The Morgan fingerprint density at radius 3 is 2.63 bits per heavy atom. The van der Waals surface area contributed by atoms with E-state index in [1.165, 1.54) is 6.07 Å². The smallest absolute Gasteiger partial charge is 0.345 e. The summed E-state index contributed by atoms with van der Waals surface area (Å²) >= 11 is 6.80. The Kier molecular flexibility index (Phi) is 6.94. The number of carbonyl (C=O) groups is 2. The predicted octanol–water partition coefficient (Wildman–Crippen LogP) is 4.08. The average Bonchev–Trinajstić information content (AvgIpc) is 3.20. The van der Waals surface area contributed by atoms with Crippen LogP contribution < -0.4 is 10.1 Å². The normalized spacial score (nSPS) is 10.3. The first-order valence-electron chi connectivity index (χ1n) is 8.46. The van der Waals surface area contributed by atoms with E-state index in [0.717, 1.165) is 11.8 Å². The van der Waals surface area contributed by atoms with Gasteiger partial charge in [-0.25, -0.2) is 9.78 Å². The molecule has 0 saturated heterocycles. The molecule has 11 heteroatoms. The molecular weight excluding hydrogens is 434 g/mol. The summed E-state index contributed by atoms with van der Waals surface area (Å²) in [6, 6.07) is 13.6. The summed E-state index contributed by atoms with van der Waals surface area (Å²) < 4.78 is 10.7. The maximum atomic E-state index is 12.4. The Balaban J connectivity index is 1.58. The van der Waals surface area contributed by atoms with Gasteiger partial charge in [-0.15, -0.1) is 0 Å². The first-order chi connectivity index (χ1) is 14.4. The molecule has 2 aromatic carbocycles. The van der Waals surface area contributed by atoms with Crippen LogP contribution in [0.5, 0.6) is 5.75 Å². The Labute approximate surface area is 179 Å². The first kappa shape index (κ1) is 21.2. The number of aromatic nitrogens is 1. The van der Waals surface area contributed by atoms with E-state index in [1.807, 2.05) is 6.07 Å². The van der Waals surface area contributed by atoms with Crippen molar-refractivity contribution in [2.75, 3.05) is 11.9 Å². The standard InChI is InChI=1S/C19H14ClN3O6S/c20-14-7-3-1-5-12(14)10-28-15-8-4-2-6-13(15)18(25)29-11-16(24)22-19-21-9-17(30-19)23(26)27/h1-9H,10-11H2,(H,21,22,24). The molecule has 0 aliphatic rings. The van der Waals surface area contributed by atoms with Gasteiger partial charge in [0.15, 0.2) is 11.7 Å². The molecule has 1 N–H and O–H groups in total. The molecule has 1 aromatic heterocycles. The zero-order chi connectivity index (χ0) is 21.5. The van der Waals surface area contributed by atoms with E-state index < -0.39 is 23.4 Å². The second-order valence-electron chi connectivity index (χ2n) is 5.76. The summed E-state index contributed by atoms with van der Waals surface area (Å²) in [5.41, 5.74) is 0.890. The zero-order valence-electron chi connectivity index (χ0n) is 15.2. The number of nitrogens with one attached hydrogen (secondary N) is 1. The van der Waals surface area contributed by atoms with Gasteiger partial charge in [0.25, 0.3) is 5.91 Å². The number of ether oxygens (including phenoxy) is 2. The fourth-order valence-electron chi connectivity index (χ4n) is 2.30. The molecule has 0 saturated carbocycles. The monoisotopic (exact) mass is 447 g/mol. The van der Waals surface area contributed by atoms with Crippen molar-refractivity contribution in [1.82, 2.24) is 4.98 Å². The maximum absolute atomic E-state index is 12.4. The number of benzene rings is 2. The van der Waals surface area contributed by atoms with E-state index in [4.69, 9.17) is 21.1 Å². The van der Waals surface area contributed by atoms with Gasteiger partial charge < -0.3 is 9.47 Å². The molecule has 9 nitrogen and oxygen atoms in total. The molecule has 1 heterocycles. The van der Waals surface area contributed by atoms with Crippen LogP contribution >= 0.6 is 22.9 Å². The second-order valence-corrected chi connectivity index (χ2v) is 7.18. The second kappa shape index (κ2) is 9.81. The van der Waals surface area contributed by atoms with E-state index in [2.05, 4.69) is 10.3 Å². The molecule has 3 rings (SSSR count). The van der Waals surface area contributed by atoms with E-state index >= 15 is 0 Å². The van der Waals surface area contributed by atoms with E-state index in [1.54, 1.807) is 36.4 Å². The molecule has 0 spiro atoms. The fourth-order valence-corrected chi connectivity index (χ4v) is 3.14. The molecule has 3 aromatic rings. The lowest BCUT2D eigenvalue weighted by atomic mass is 10.2. The minimum absolute atomic E-state index is 0.0335. The van der Waals surface area contributed by atoms with Crippen LogP contribution in [0, 0.1) is 10.1 Å². The quantitative estimate of drug-likeness (QED) is 0.313. The number of para-hydroxylation sites is 1. The van der Waals surface area contributed by atoms with Crippen LogP contribution in [0.15, 0.2) is 54.7 Å². The fraction of sp³-hybridized carbons (Fsp3) is 0.105. The Hall–Kier alpha value is -3.50. The summed E-state index contributed by atoms with van der Waals surface area (Å²) in [4.78, 5) is 38.0. The van der Waals surface area contributed by atoms with E-state index in [-0.39, 0.29) is 28.1 Å². The number of nitrogens with zero attached hydrogens (tertiary/aromatic N) is 2. The summed E-state index contributed by atoms with van der Waals surface area (Å²) in [5.74, 6) is -1.16. The van der Waals surface area contributed by atoms with E-state index in [9.17, 15) is 19.7 Å². The van der Waals surface area contributed by atoms with Gasteiger partial charge in [0.2, 0.25) is 0 Å². The zero-order valence-corrected chi connectivity index (χ0v) is 16.8. The van der Waals surface area contributed by atoms with Crippen LogP contribution in [0.3, 0.4) is 0 Å². The number of nitro groups is 1. The van der Waals surface area contributed by atoms with Crippen molar-refractivity contribution in [3.63, 3.8) is 0 Å². The number of rotatable bonds is 8. The molecule has 0 unspecified atom stereocenters. The highest BCUT2D eigenvalue weighted by molar-refractivity contribution is 7.18. The lowest BCUT2D eigenvalue weighted by Gasteiger charge is -2.12. The minimum Gasteiger partial charge on any atom is -0.488 e. The third kappa shape index (κ3) is 5.52. The number of hydrogen-bond donors (Lipinski definition) is 1. The first-order valence-corrected chi connectivity index (χ1v) is 9.66. The Bertz CT molecular complexity index is 1090. The topological polar surface area (TPSA) is 121 Å². The number of anilines is 1. The number of amides is 1. The van der Waals surface area contributed by atoms with Crippen LogP contribution in [-0.4, -0.2) is 28.4 Å². The lowest BCUT2D eigenvalue weighted by Crippen LogP contribution is -2.21. The summed E-state index contributed by atoms with van der Waals surface area (Å²) in [6.45, 7) is -0.446. The van der Waals surface area contributed by atoms with E-state index in [0.29, 0.717) is 16.4 Å². The van der Waals surface area contributed by atoms with Gasteiger partial charge in [0.1, 0.15) is 24.1 Å². The van der Waals surface area contributed by atoms with Gasteiger partial charge in [-0.2, -0.15) is 0 Å². The molecule has 154 valence electrons. The molecule has 0 aliphatic heterocycles. The van der Waals surface area contributed by atoms with Crippen LogP contribution in [0.4, 0.5) is 10.1 Å². The van der Waals surface area contributed by atoms with Crippen LogP contribution in [0.25, 0.3) is 0 Å². The maximum Gasteiger partial charge on any atom is 0.345 e. The third-order valence-corrected chi connectivity index (χ3v) is 4.94. The number of hydrogen-bond acceptors (Lipinski definition) is 8.